The molecule has 1 amide bonds. The molecule has 228 valence electrons. The van der Waals surface area contributed by atoms with Crippen LogP contribution in [0, 0.1) is 0 Å². The summed E-state index contributed by atoms with van der Waals surface area (Å²) in [6.45, 7) is 8.10. The Morgan fingerprint density at radius 1 is 0.905 bits per heavy atom. The third kappa shape index (κ3) is 10.9. The fourth-order valence-electron chi connectivity index (χ4n) is 4.54. The van der Waals surface area contributed by atoms with Crippen LogP contribution in [0.1, 0.15) is 58.1 Å². The predicted octanol–water partition coefficient (Wildman–Crippen LogP) is 5.90. The van der Waals surface area contributed by atoms with Crippen LogP contribution in [0.3, 0.4) is 0 Å². The third-order valence-corrected chi connectivity index (χ3v) is 8.42. The number of allylic oxidation sites excluding steroid dienone is 2. The molecule has 0 saturated carbocycles. The van der Waals surface area contributed by atoms with Gasteiger partial charge in [0.1, 0.15) is 17.6 Å². The lowest BCUT2D eigenvalue weighted by atomic mass is 9.98. The highest BCUT2D eigenvalue weighted by molar-refractivity contribution is 7.89. The molecule has 1 unspecified atom stereocenters. The van der Waals surface area contributed by atoms with Crippen molar-refractivity contribution in [2.45, 2.75) is 71.7 Å². The summed E-state index contributed by atoms with van der Waals surface area (Å²) < 4.78 is 40.1. The van der Waals surface area contributed by atoms with Crippen LogP contribution in [0.2, 0.25) is 0 Å². The Balaban J connectivity index is 1.64. The molecule has 0 aliphatic heterocycles. The summed E-state index contributed by atoms with van der Waals surface area (Å²) in [5.41, 5.74) is 1.83. The topological polar surface area (TPSA) is 93.2 Å². The predicted molar refractivity (Wildman–Crippen MR) is 165 cm³/mol. The minimum atomic E-state index is -3.89. The third-order valence-electron chi connectivity index (χ3n) is 6.63. The lowest BCUT2D eigenvalue weighted by Gasteiger charge is -2.30. The number of aryl methyl sites for hydroxylation is 1. The van der Waals surface area contributed by atoms with Crippen molar-refractivity contribution in [1.29, 1.82) is 0 Å². The SMILES string of the molecule is CCCN(CCC1=CC=CC(OCc2ccccc2)C1=O)S(=O)(=O)CN(CCCc1ccccc1)C(=O)OC(C)(C)C. The van der Waals surface area contributed by atoms with Crippen molar-refractivity contribution in [1.82, 2.24) is 9.21 Å². The van der Waals surface area contributed by atoms with Crippen LogP contribution in [0.4, 0.5) is 4.79 Å². The van der Waals surface area contributed by atoms with Gasteiger partial charge in [0.15, 0.2) is 5.78 Å². The monoisotopic (exact) mass is 596 g/mol. The highest BCUT2D eigenvalue weighted by atomic mass is 32.2. The zero-order valence-corrected chi connectivity index (χ0v) is 26.0. The lowest BCUT2D eigenvalue weighted by Crippen LogP contribution is -2.45. The average Bonchev–Trinajstić information content (AvgIpc) is 2.95. The Bertz CT molecular complexity index is 1320. The van der Waals surface area contributed by atoms with Crippen molar-refractivity contribution in [3.05, 3.63) is 95.6 Å². The molecule has 8 nitrogen and oxygen atoms in total. The molecule has 42 heavy (non-hydrogen) atoms. The molecule has 0 heterocycles. The molecule has 1 atom stereocenters. The van der Waals surface area contributed by atoms with E-state index in [1.165, 1.54) is 9.21 Å². The molecule has 0 fully saturated rings. The Hall–Kier alpha value is -3.27. The number of nitrogens with zero attached hydrogens (tertiary/aromatic N) is 2. The fourth-order valence-corrected chi connectivity index (χ4v) is 6.16. The normalized spacial score (nSPS) is 15.5. The van der Waals surface area contributed by atoms with E-state index >= 15 is 0 Å². The fraction of sp³-hybridized carbons (Fsp3) is 0.455. The molecule has 0 spiro atoms. The molecular weight excluding hydrogens is 552 g/mol. The second-order valence-corrected chi connectivity index (χ2v) is 13.3. The Morgan fingerprint density at radius 3 is 2.17 bits per heavy atom. The van der Waals surface area contributed by atoms with E-state index < -0.39 is 33.7 Å². The van der Waals surface area contributed by atoms with E-state index in [9.17, 15) is 18.0 Å². The van der Waals surface area contributed by atoms with Crippen LogP contribution in [0.15, 0.2) is 84.5 Å². The van der Waals surface area contributed by atoms with Gasteiger partial charge in [-0.05, 0) is 69.2 Å². The molecule has 0 bridgehead atoms. The summed E-state index contributed by atoms with van der Waals surface area (Å²) >= 11 is 0. The van der Waals surface area contributed by atoms with Crippen molar-refractivity contribution in [3.63, 3.8) is 0 Å². The summed E-state index contributed by atoms with van der Waals surface area (Å²) in [4.78, 5) is 27.4. The summed E-state index contributed by atoms with van der Waals surface area (Å²) in [5, 5.41) is 0. The Kier molecular flexibility index (Phi) is 12.5. The van der Waals surface area contributed by atoms with E-state index in [1.54, 1.807) is 39.0 Å². The number of ketones is 1. The zero-order valence-electron chi connectivity index (χ0n) is 25.2. The molecule has 1 aliphatic carbocycles. The molecule has 3 rings (SSSR count). The van der Waals surface area contributed by atoms with E-state index in [0.29, 0.717) is 31.4 Å². The largest absolute Gasteiger partial charge is 0.444 e. The summed E-state index contributed by atoms with van der Waals surface area (Å²) in [5.74, 6) is -0.662. The van der Waals surface area contributed by atoms with Crippen LogP contribution in [0.5, 0.6) is 0 Å². The van der Waals surface area contributed by atoms with Gasteiger partial charge in [0.05, 0.1) is 6.61 Å². The highest BCUT2D eigenvalue weighted by Gasteiger charge is 2.31. The van der Waals surface area contributed by atoms with E-state index in [2.05, 4.69) is 0 Å². The van der Waals surface area contributed by atoms with Gasteiger partial charge < -0.3 is 9.47 Å². The molecule has 1 aliphatic rings. The first kappa shape index (κ1) is 33.2. The number of amides is 1. The minimum Gasteiger partial charge on any atom is -0.444 e. The van der Waals surface area contributed by atoms with Crippen LogP contribution in [-0.4, -0.2) is 66.7 Å². The Labute approximate surface area is 251 Å². The van der Waals surface area contributed by atoms with Gasteiger partial charge >= 0.3 is 6.09 Å². The van der Waals surface area contributed by atoms with E-state index in [1.807, 2.05) is 67.6 Å². The molecule has 0 N–H and O–H groups in total. The summed E-state index contributed by atoms with van der Waals surface area (Å²) in [7, 11) is -3.89. The zero-order chi connectivity index (χ0) is 30.6. The standard InChI is InChI=1S/C33H44N2O6S/c1-5-22-35(24-21-29-19-12-20-30(31(29)36)40-25-28-16-10-7-11-17-28)42(38,39)26-34(32(37)41-33(2,3)4)23-13-18-27-14-8-6-9-15-27/h6-12,14-17,19-20,30H,5,13,18,21-26H2,1-4H3. The van der Waals surface area contributed by atoms with Gasteiger partial charge in [-0.3, -0.25) is 9.69 Å². The lowest BCUT2D eigenvalue weighted by molar-refractivity contribution is -0.124. The van der Waals surface area contributed by atoms with Gasteiger partial charge in [-0.15, -0.1) is 0 Å². The van der Waals surface area contributed by atoms with Crippen molar-refractivity contribution in [2.24, 2.45) is 0 Å². The van der Waals surface area contributed by atoms with Crippen LogP contribution < -0.4 is 0 Å². The maximum absolute atomic E-state index is 13.6. The van der Waals surface area contributed by atoms with Crippen molar-refractivity contribution in [3.8, 4) is 0 Å². The highest BCUT2D eigenvalue weighted by Crippen LogP contribution is 2.19. The summed E-state index contributed by atoms with van der Waals surface area (Å²) in [6.07, 6.45) is 5.96. The van der Waals surface area contributed by atoms with Crippen LogP contribution in [-0.2, 0) is 37.3 Å². The van der Waals surface area contributed by atoms with Gasteiger partial charge in [-0.25, -0.2) is 17.5 Å². The van der Waals surface area contributed by atoms with Crippen molar-refractivity contribution in [2.75, 3.05) is 25.5 Å². The van der Waals surface area contributed by atoms with Crippen LogP contribution in [0.25, 0.3) is 0 Å². The smallest absolute Gasteiger partial charge is 0.411 e. The van der Waals surface area contributed by atoms with Crippen LogP contribution >= 0.6 is 0 Å². The number of sulfonamides is 1. The first-order valence-corrected chi connectivity index (χ1v) is 16.2. The molecule has 2 aromatic rings. The average molecular weight is 597 g/mol. The van der Waals surface area contributed by atoms with Crippen molar-refractivity contribution < 1.29 is 27.5 Å². The number of rotatable bonds is 15. The maximum Gasteiger partial charge on any atom is 0.411 e. The van der Waals surface area contributed by atoms with E-state index in [0.717, 1.165) is 11.1 Å². The van der Waals surface area contributed by atoms with Gasteiger partial charge in [-0.2, -0.15) is 0 Å². The molecular formula is C33H44N2O6S. The van der Waals surface area contributed by atoms with Crippen molar-refractivity contribution >= 4 is 21.9 Å². The van der Waals surface area contributed by atoms with Gasteiger partial charge in [0.25, 0.3) is 0 Å². The number of hydrogen-bond acceptors (Lipinski definition) is 6. The number of Topliss-reactive ketones (excluding diaryl/α,β-unsaturated/α-hetero) is 1. The first-order chi connectivity index (χ1) is 20.0. The first-order valence-electron chi connectivity index (χ1n) is 14.6. The summed E-state index contributed by atoms with van der Waals surface area (Å²) in [6, 6.07) is 19.5. The molecule has 9 heteroatoms. The minimum absolute atomic E-state index is 0.124. The molecule has 0 radical (unpaired) electrons. The number of ether oxygens (including phenoxy) is 2. The quantitative estimate of drug-likeness (QED) is 0.254. The second kappa shape index (κ2) is 15.8. The van der Waals surface area contributed by atoms with Gasteiger partial charge in [-0.1, -0.05) is 79.7 Å². The molecule has 2 aromatic carbocycles. The number of carbonyl (C=O) groups is 2. The number of carbonyl (C=O) groups excluding carboxylic acids is 2. The van der Waals surface area contributed by atoms with E-state index in [-0.39, 0.29) is 31.8 Å². The van der Waals surface area contributed by atoms with Gasteiger partial charge in [0, 0.05) is 19.6 Å². The number of hydrogen-bond donors (Lipinski definition) is 0. The molecule has 0 saturated heterocycles. The Morgan fingerprint density at radius 2 is 1.55 bits per heavy atom. The maximum atomic E-state index is 13.6. The molecule has 0 aromatic heterocycles. The second-order valence-electron chi connectivity index (χ2n) is 11.4. The van der Waals surface area contributed by atoms with Gasteiger partial charge in [0.2, 0.25) is 10.0 Å². The van der Waals surface area contributed by atoms with E-state index in [4.69, 9.17) is 9.47 Å². The number of benzene rings is 2.